The lowest BCUT2D eigenvalue weighted by atomic mass is 10.2. The summed E-state index contributed by atoms with van der Waals surface area (Å²) in [6.07, 6.45) is 3.78. The van der Waals surface area contributed by atoms with Crippen LogP contribution in [-0.2, 0) is 10.0 Å². The van der Waals surface area contributed by atoms with Crippen LogP contribution >= 0.6 is 0 Å². The van der Waals surface area contributed by atoms with Crippen molar-refractivity contribution in [2.45, 2.75) is 4.90 Å². The van der Waals surface area contributed by atoms with E-state index < -0.39 is 10.0 Å². The van der Waals surface area contributed by atoms with E-state index in [1.165, 1.54) is 19.2 Å². The summed E-state index contributed by atoms with van der Waals surface area (Å²) < 4.78 is 35.1. The second-order valence-corrected chi connectivity index (χ2v) is 8.64. The Hall–Kier alpha value is -4.04. The summed E-state index contributed by atoms with van der Waals surface area (Å²) in [6, 6.07) is 23.6. The first-order chi connectivity index (χ1) is 15.4. The van der Waals surface area contributed by atoms with Crippen molar-refractivity contribution in [2.75, 3.05) is 17.1 Å². The highest BCUT2D eigenvalue weighted by molar-refractivity contribution is 7.92. The number of ether oxygens (including phenoxy) is 1. The fourth-order valence-electron chi connectivity index (χ4n) is 3.13. The largest absolute Gasteiger partial charge is 0.497 e. The topological polar surface area (TPSA) is 89.4 Å². The van der Waals surface area contributed by atoms with Crippen molar-refractivity contribution >= 4 is 27.3 Å². The first kappa shape index (κ1) is 21.2. The van der Waals surface area contributed by atoms with Gasteiger partial charge in [-0.1, -0.05) is 12.1 Å². The second-order valence-electron chi connectivity index (χ2n) is 6.96. The van der Waals surface area contributed by atoms with Crippen molar-refractivity contribution in [2.24, 2.45) is 0 Å². The van der Waals surface area contributed by atoms with Gasteiger partial charge in [-0.25, -0.2) is 8.42 Å². The minimum atomic E-state index is -3.84. The SMILES string of the molecule is COc1ccc(NS(=O)(=O)c2cccc(NC(=O)c3cccc(-n4cccc4)c3)c2)cc1. The van der Waals surface area contributed by atoms with Gasteiger partial charge in [0.15, 0.2) is 0 Å². The molecule has 0 spiro atoms. The lowest BCUT2D eigenvalue weighted by Gasteiger charge is -2.11. The molecule has 0 bridgehead atoms. The highest BCUT2D eigenvalue weighted by Crippen LogP contribution is 2.22. The number of aromatic nitrogens is 1. The van der Waals surface area contributed by atoms with Crippen molar-refractivity contribution in [1.29, 1.82) is 0 Å². The zero-order chi connectivity index (χ0) is 22.6. The molecule has 4 aromatic rings. The highest BCUT2D eigenvalue weighted by atomic mass is 32.2. The molecule has 0 fully saturated rings. The van der Waals surface area contributed by atoms with Crippen LogP contribution in [0.15, 0.2) is 102 Å². The number of amides is 1. The van der Waals surface area contributed by atoms with Gasteiger partial charge in [0.2, 0.25) is 0 Å². The van der Waals surface area contributed by atoms with Crippen LogP contribution < -0.4 is 14.8 Å². The molecule has 0 saturated carbocycles. The van der Waals surface area contributed by atoms with Crippen LogP contribution in [0, 0.1) is 0 Å². The summed E-state index contributed by atoms with van der Waals surface area (Å²) in [5.41, 5.74) is 2.09. The number of sulfonamides is 1. The zero-order valence-electron chi connectivity index (χ0n) is 17.2. The predicted octanol–water partition coefficient (Wildman–Crippen LogP) is 4.54. The maximum Gasteiger partial charge on any atom is 0.261 e. The molecule has 0 aliphatic heterocycles. The van der Waals surface area contributed by atoms with Gasteiger partial charge in [-0.05, 0) is 72.8 Å². The molecular weight excluding hydrogens is 426 g/mol. The molecule has 1 aromatic heterocycles. The van der Waals surface area contributed by atoms with Crippen LogP contribution in [-0.4, -0.2) is 26.0 Å². The first-order valence-corrected chi connectivity index (χ1v) is 11.2. The molecule has 0 aliphatic carbocycles. The van der Waals surface area contributed by atoms with E-state index in [9.17, 15) is 13.2 Å². The van der Waals surface area contributed by atoms with Gasteiger partial charge in [0.05, 0.1) is 12.0 Å². The van der Waals surface area contributed by atoms with E-state index in [4.69, 9.17) is 4.74 Å². The van der Waals surface area contributed by atoms with Gasteiger partial charge in [-0.2, -0.15) is 0 Å². The molecule has 1 amide bonds. The third-order valence-electron chi connectivity index (χ3n) is 4.76. The van der Waals surface area contributed by atoms with Crippen molar-refractivity contribution in [3.8, 4) is 11.4 Å². The van der Waals surface area contributed by atoms with Crippen LogP contribution in [0.1, 0.15) is 10.4 Å². The molecule has 3 aromatic carbocycles. The molecule has 0 radical (unpaired) electrons. The molecule has 0 atom stereocenters. The third-order valence-corrected chi connectivity index (χ3v) is 6.13. The maximum absolute atomic E-state index is 12.8. The average Bonchev–Trinajstić information content (AvgIpc) is 3.35. The standard InChI is InChI=1S/C24H21N3O4S/c1-31-22-12-10-19(11-13-22)26-32(29,30)23-9-5-7-20(17-23)25-24(28)18-6-4-8-21(16-18)27-14-2-3-15-27/h2-17,26H,1H3,(H,25,28). The van der Waals surface area contributed by atoms with Gasteiger partial charge in [-0.3, -0.25) is 9.52 Å². The fourth-order valence-corrected chi connectivity index (χ4v) is 4.24. The highest BCUT2D eigenvalue weighted by Gasteiger charge is 2.16. The molecule has 7 nitrogen and oxygen atoms in total. The Bertz CT molecular complexity index is 1330. The number of hydrogen-bond donors (Lipinski definition) is 2. The Kier molecular flexibility index (Phi) is 5.96. The smallest absolute Gasteiger partial charge is 0.261 e. The van der Waals surface area contributed by atoms with Gasteiger partial charge >= 0.3 is 0 Å². The van der Waals surface area contributed by atoms with Crippen LogP contribution in [0.5, 0.6) is 5.75 Å². The quantitative estimate of drug-likeness (QED) is 0.435. The molecular formula is C24H21N3O4S. The lowest BCUT2D eigenvalue weighted by molar-refractivity contribution is 0.102. The minimum absolute atomic E-state index is 0.0345. The van der Waals surface area contributed by atoms with E-state index in [-0.39, 0.29) is 10.8 Å². The Morgan fingerprint density at radius 2 is 1.56 bits per heavy atom. The summed E-state index contributed by atoms with van der Waals surface area (Å²) in [7, 11) is -2.30. The van der Waals surface area contributed by atoms with Crippen LogP contribution in [0.25, 0.3) is 5.69 Å². The molecule has 2 N–H and O–H groups in total. The van der Waals surface area contributed by atoms with E-state index in [2.05, 4.69) is 10.0 Å². The normalized spacial score (nSPS) is 11.0. The van der Waals surface area contributed by atoms with Crippen LogP contribution in [0.4, 0.5) is 11.4 Å². The van der Waals surface area contributed by atoms with Crippen LogP contribution in [0.2, 0.25) is 0 Å². The molecule has 162 valence electrons. The number of carbonyl (C=O) groups is 1. The predicted molar refractivity (Wildman–Crippen MR) is 124 cm³/mol. The number of carbonyl (C=O) groups excluding carboxylic acids is 1. The van der Waals surface area contributed by atoms with E-state index in [0.717, 1.165) is 5.69 Å². The number of methoxy groups -OCH3 is 1. The first-order valence-electron chi connectivity index (χ1n) is 9.76. The Balaban J connectivity index is 1.51. The van der Waals surface area contributed by atoms with Crippen molar-refractivity contribution in [1.82, 2.24) is 4.57 Å². The van der Waals surface area contributed by atoms with E-state index >= 15 is 0 Å². The maximum atomic E-state index is 12.8. The number of benzene rings is 3. The van der Waals surface area contributed by atoms with E-state index in [1.807, 2.05) is 35.2 Å². The van der Waals surface area contributed by atoms with Gasteiger partial charge in [0.1, 0.15) is 5.75 Å². The number of nitrogens with zero attached hydrogens (tertiary/aromatic N) is 1. The molecule has 0 saturated heterocycles. The minimum Gasteiger partial charge on any atom is -0.497 e. The molecule has 32 heavy (non-hydrogen) atoms. The monoisotopic (exact) mass is 447 g/mol. The molecule has 4 rings (SSSR count). The van der Waals surface area contributed by atoms with Gasteiger partial charge in [0.25, 0.3) is 15.9 Å². The molecule has 1 heterocycles. The van der Waals surface area contributed by atoms with Crippen molar-refractivity contribution in [3.05, 3.63) is 103 Å². The molecule has 0 aliphatic rings. The summed E-state index contributed by atoms with van der Waals surface area (Å²) >= 11 is 0. The second kappa shape index (κ2) is 8.99. The number of rotatable bonds is 7. The molecule has 8 heteroatoms. The Morgan fingerprint density at radius 1 is 0.844 bits per heavy atom. The number of nitrogens with one attached hydrogen (secondary N) is 2. The summed E-state index contributed by atoms with van der Waals surface area (Å²) in [5.74, 6) is 0.287. The average molecular weight is 448 g/mol. The van der Waals surface area contributed by atoms with Crippen molar-refractivity contribution in [3.63, 3.8) is 0 Å². The van der Waals surface area contributed by atoms with Gasteiger partial charge in [-0.15, -0.1) is 0 Å². The van der Waals surface area contributed by atoms with Crippen LogP contribution in [0.3, 0.4) is 0 Å². The fraction of sp³-hybridized carbons (Fsp3) is 0.0417. The molecule has 0 unspecified atom stereocenters. The number of anilines is 2. The van der Waals surface area contributed by atoms with Gasteiger partial charge < -0.3 is 14.6 Å². The lowest BCUT2D eigenvalue weighted by Crippen LogP contribution is -2.15. The van der Waals surface area contributed by atoms with E-state index in [0.29, 0.717) is 22.7 Å². The Labute approximate surface area is 186 Å². The van der Waals surface area contributed by atoms with Gasteiger partial charge in [0, 0.05) is 35.0 Å². The third kappa shape index (κ3) is 4.81. The van der Waals surface area contributed by atoms with E-state index in [1.54, 1.807) is 54.6 Å². The zero-order valence-corrected chi connectivity index (χ0v) is 18.0. The van der Waals surface area contributed by atoms with Crippen molar-refractivity contribution < 1.29 is 17.9 Å². The summed E-state index contributed by atoms with van der Waals surface area (Å²) in [4.78, 5) is 12.8. The Morgan fingerprint density at radius 3 is 2.28 bits per heavy atom. The summed E-state index contributed by atoms with van der Waals surface area (Å²) in [6.45, 7) is 0. The number of hydrogen-bond acceptors (Lipinski definition) is 4. The summed E-state index contributed by atoms with van der Waals surface area (Å²) in [5, 5.41) is 2.77.